The molecule has 0 bridgehead atoms. The fraction of sp³-hybridized carbons (Fsp3) is 0.462. The van der Waals surface area contributed by atoms with E-state index in [4.69, 9.17) is 18.0 Å². The summed E-state index contributed by atoms with van der Waals surface area (Å²) < 4.78 is 13.6. The van der Waals surface area contributed by atoms with Gasteiger partial charge in [-0.15, -0.1) is 0 Å². The molecule has 1 aromatic rings. The lowest BCUT2D eigenvalue weighted by Gasteiger charge is -2.08. The molecule has 0 unspecified atom stereocenters. The van der Waals surface area contributed by atoms with Gasteiger partial charge in [0.1, 0.15) is 10.8 Å². The molecule has 0 aliphatic carbocycles. The van der Waals surface area contributed by atoms with Crippen molar-refractivity contribution in [1.29, 1.82) is 0 Å². The van der Waals surface area contributed by atoms with Gasteiger partial charge in [0, 0.05) is 17.8 Å². The van der Waals surface area contributed by atoms with Gasteiger partial charge in [0.15, 0.2) is 0 Å². The number of hydrogen-bond acceptors (Lipinski definition) is 3. The maximum atomic E-state index is 13.6. The third-order valence-electron chi connectivity index (χ3n) is 2.59. The van der Waals surface area contributed by atoms with E-state index in [1.807, 2.05) is 11.8 Å². The normalized spacial score (nSPS) is 10.3. The zero-order valence-corrected chi connectivity index (χ0v) is 12.2. The van der Waals surface area contributed by atoms with Gasteiger partial charge in [-0.25, -0.2) is 4.39 Å². The van der Waals surface area contributed by atoms with Crippen molar-refractivity contribution in [2.45, 2.75) is 19.3 Å². The minimum atomic E-state index is -0.366. The van der Waals surface area contributed by atoms with Gasteiger partial charge in [-0.05, 0) is 43.0 Å². The van der Waals surface area contributed by atoms with Gasteiger partial charge in [0.2, 0.25) is 0 Å². The van der Waals surface area contributed by atoms with Crippen LogP contribution in [0.3, 0.4) is 0 Å². The third-order valence-corrected chi connectivity index (χ3v) is 3.51. The van der Waals surface area contributed by atoms with Crippen LogP contribution < -0.4 is 11.1 Å². The average Bonchev–Trinajstić information content (AvgIpc) is 2.33. The van der Waals surface area contributed by atoms with Crippen LogP contribution in [0.1, 0.15) is 24.8 Å². The minimum Gasteiger partial charge on any atom is -0.389 e. The van der Waals surface area contributed by atoms with Crippen molar-refractivity contribution in [3.8, 4) is 0 Å². The van der Waals surface area contributed by atoms with Crippen molar-refractivity contribution >= 4 is 34.7 Å². The van der Waals surface area contributed by atoms with Gasteiger partial charge in [-0.1, -0.05) is 18.6 Å². The second-order valence-electron chi connectivity index (χ2n) is 4.04. The second-order valence-corrected chi connectivity index (χ2v) is 5.46. The van der Waals surface area contributed by atoms with Gasteiger partial charge >= 0.3 is 0 Å². The van der Waals surface area contributed by atoms with Gasteiger partial charge in [-0.2, -0.15) is 11.8 Å². The van der Waals surface area contributed by atoms with E-state index in [9.17, 15) is 4.39 Å². The first-order valence-corrected chi connectivity index (χ1v) is 7.77. The van der Waals surface area contributed by atoms with Crippen LogP contribution in [-0.2, 0) is 0 Å². The molecule has 0 aliphatic heterocycles. The predicted octanol–water partition coefficient (Wildman–Crippen LogP) is 3.41. The minimum absolute atomic E-state index is 0.0936. The molecule has 18 heavy (non-hydrogen) atoms. The fourth-order valence-electron chi connectivity index (χ4n) is 1.61. The molecular formula is C13H19FN2S2. The Hall–Kier alpha value is -0.810. The fourth-order valence-corrected chi connectivity index (χ4v) is 2.26. The Morgan fingerprint density at radius 2 is 2.17 bits per heavy atom. The SMILES string of the molecule is CSCCCCCNc1ccc(C(N)=S)c(F)c1. The Bertz CT molecular complexity index is 397. The van der Waals surface area contributed by atoms with E-state index in [1.54, 1.807) is 12.1 Å². The van der Waals surface area contributed by atoms with Crippen LogP contribution in [0.25, 0.3) is 0 Å². The number of benzene rings is 1. The number of thioether (sulfide) groups is 1. The molecular weight excluding hydrogens is 267 g/mol. The number of thiocarbonyl (C=S) groups is 1. The molecule has 0 aliphatic rings. The van der Waals surface area contributed by atoms with E-state index in [-0.39, 0.29) is 10.8 Å². The van der Waals surface area contributed by atoms with E-state index in [2.05, 4.69) is 11.6 Å². The second kappa shape index (κ2) is 8.32. The maximum absolute atomic E-state index is 13.6. The molecule has 0 atom stereocenters. The van der Waals surface area contributed by atoms with Crippen molar-refractivity contribution in [2.24, 2.45) is 5.73 Å². The molecule has 5 heteroatoms. The summed E-state index contributed by atoms with van der Waals surface area (Å²) in [6.45, 7) is 0.861. The summed E-state index contributed by atoms with van der Waals surface area (Å²) in [4.78, 5) is 0.0936. The Morgan fingerprint density at radius 3 is 2.78 bits per heavy atom. The number of anilines is 1. The highest BCUT2D eigenvalue weighted by Gasteiger charge is 2.05. The highest BCUT2D eigenvalue weighted by Crippen LogP contribution is 2.14. The Balaban J connectivity index is 2.35. The third kappa shape index (κ3) is 5.23. The van der Waals surface area contributed by atoms with E-state index < -0.39 is 0 Å². The predicted molar refractivity (Wildman–Crippen MR) is 83.0 cm³/mol. The lowest BCUT2D eigenvalue weighted by molar-refractivity contribution is 0.625. The molecule has 0 fully saturated rings. The van der Waals surface area contributed by atoms with Crippen molar-refractivity contribution in [3.05, 3.63) is 29.6 Å². The van der Waals surface area contributed by atoms with E-state index in [1.165, 1.54) is 24.7 Å². The summed E-state index contributed by atoms with van der Waals surface area (Å²) in [6, 6.07) is 4.86. The summed E-state index contributed by atoms with van der Waals surface area (Å²) >= 11 is 6.62. The molecule has 0 saturated carbocycles. The first kappa shape index (κ1) is 15.2. The van der Waals surface area contributed by atoms with E-state index in [0.29, 0.717) is 5.56 Å². The molecule has 3 N–H and O–H groups in total. The molecule has 0 spiro atoms. The number of halogens is 1. The number of nitrogens with one attached hydrogen (secondary N) is 1. The van der Waals surface area contributed by atoms with Gasteiger partial charge < -0.3 is 11.1 Å². The van der Waals surface area contributed by atoms with Crippen LogP contribution in [0, 0.1) is 5.82 Å². The Kier molecular flexibility index (Phi) is 7.05. The molecule has 100 valence electrons. The quantitative estimate of drug-likeness (QED) is 0.567. The van der Waals surface area contributed by atoms with Gasteiger partial charge in [0.25, 0.3) is 0 Å². The largest absolute Gasteiger partial charge is 0.389 e. The van der Waals surface area contributed by atoms with Crippen molar-refractivity contribution in [1.82, 2.24) is 0 Å². The van der Waals surface area contributed by atoms with Crippen LogP contribution in [0.5, 0.6) is 0 Å². The first-order chi connectivity index (χ1) is 8.65. The molecule has 0 radical (unpaired) electrons. The summed E-state index contributed by atoms with van der Waals surface area (Å²) in [6.07, 6.45) is 5.64. The van der Waals surface area contributed by atoms with Gasteiger partial charge in [-0.3, -0.25) is 0 Å². The maximum Gasteiger partial charge on any atom is 0.135 e. The highest BCUT2D eigenvalue weighted by molar-refractivity contribution is 7.98. The van der Waals surface area contributed by atoms with Crippen molar-refractivity contribution < 1.29 is 4.39 Å². The van der Waals surface area contributed by atoms with E-state index >= 15 is 0 Å². The van der Waals surface area contributed by atoms with Crippen LogP contribution in [0.2, 0.25) is 0 Å². The number of rotatable bonds is 8. The molecule has 2 nitrogen and oxygen atoms in total. The van der Waals surface area contributed by atoms with Crippen LogP contribution in [0.15, 0.2) is 18.2 Å². The van der Waals surface area contributed by atoms with Gasteiger partial charge in [0.05, 0.1) is 0 Å². The number of nitrogens with two attached hydrogens (primary N) is 1. The topological polar surface area (TPSA) is 38.0 Å². The zero-order valence-electron chi connectivity index (χ0n) is 10.5. The first-order valence-electron chi connectivity index (χ1n) is 5.97. The lowest BCUT2D eigenvalue weighted by atomic mass is 10.2. The molecule has 0 aromatic heterocycles. The van der Waals surface area contributed by atoms with E-state index in [0.717, 1.165) is 18.7 Å². The van der Waals surface area contributed by atoms with Crippen molar-refractivity contribution in [2.75, 3.05) is 23.9 Å². The molecule has 0 amide bonds. The molecule has 1 aromatic carbocycles. The zero-order chi connectivity index (χ0) is 13.4. The smallest absolute Gasteiger partial charge is 0.135 e. The number of unbranched alkanes of at least 4 members (excludes halogenated alkanes) is 2. The standard InChI is InChI=1S/C13H19FN2S2/c1-18-8-4-2-3-7-16-10-5-6-11(13(15)17)12(14)9-10/h5-6,9,16H,2-4,7-8H2,1H3,(H2,15,17). The monoisotopic (exact) mass is 286 g/mol. The summed E-state index contributed by atoms with van der Waals surface area (Å²) in [7, 11) is 0. The number of hydrogen-bond donors (Lipinski definition) is 2. The van der Waals surface area contributed by atoms with Crippen LogP contribution in [-0.4, -0.2) is 23.5 Å². The lowest BCUT2D eigenvalue weighted by Crippen LogP contribution is -2.12. The van der Waals surface area contributed by atoms with Crippen LogP contribution in [0.4, 0.5) is 10.1 Å². The van der Waals surface area contributed by atoms with Crippen molar-refractivity contribution in [3.63, 3.8) is 0 Å². The molecule has 0 saturated heterocycles. The Labute approximate surface area is 118 Å². The summed E-state index contributed by atoms with van der Waals surface area (Å²) in [5, 5.41) is 3.20. The van der Waals surface area contributed by atoms with Crippen LogP contribution >= 0.6 is 24.0 Å². The molecule has 1 rings (SSSR count). The summed E-state index contributed by atoms with van der Waals surface area (Å²) in [5.41, 5.74) is 6.48. The summed E-state index contributed by atoms with van der Waals surface area (Å²) in [5.74, 6) is 0.840. The molecule has 0 heterocycles. The Morgan fingerprint density at radius 1 is 1.39 bits per heavy atom. The average molecular weight is 286 g/mol. The highest BCUT2D eigenvalue weighted by atomic mass is 32.2.